The van der Waals surface area contributed by atoms with Crippen LogP contribution in [-0.2, 0) is 17.8 Å². The molecule has 0 fully saturated rings. The number of amides is 1. The number of hydrogen-bond acceptors (Lipinski definition) is 3. The van der Waals surface area contributed by atoms with Crippen LogP contribution < -0.4 is 0 Å². The molecule has 1 unspecified atom stereocenters. The lowest BCUT2D eigenvalue weighted by molar-refractivity contribution is -0.133. The molecule has 0 N–H and O–H groups in total. The maximum atomic E-state index is 12.6. The fourth-order valence-electron chi connectivity index (χ4n) is 3.04. The molecule has 4 nitrogen and oxygen atoms in total. The predicted octanol–water partition coefficient (Wildman–Crippen LogP) is 2.66. The molecule has 3 rings (SSSR count). The maximum absolute atomic E-state index is 12.6. The molecule has 120 valence electrons. The van der Waals surface area contributed by atoms with Crippen LogP contribution in [-0.4, -0.2) is 40.8 Å². The Bertz CT molecular complexity index is 671. The molecule has 0 saturated carbocycles. The summed E-state index contributed by atoms with van der Waals surface area (Å²) in [6, 6.07) is 12.6. The Morgan fingerprint density at radius 1 is 1.26 bits per heavy atom. The molecule has 0 aliphatic carbocycles. The summed E-state index contributed by atoms with van der Waals surface area (Å²) in [4.78, 5) is 20.8. The summed E-state index contributed by atoms with van der Waals surface area (Å²) in [5, 5.41) is 0. The van der Waals surface area contributed by atoms with Crippen LogP contribution in [0.15, 0.2) is 48.8 Å². The van der Waals surface area contributed by atoms with Gasteiger partial charge in [0.1, 0.15) is 0 Å². The Labute approximate surface area is 137 Å². The number of aromatic nitrogens is 1. The highest BCUT2D eigenvalue weighted by atomic mass is 16.2. The number of carbonyl (C=O) groups excluding carboxylic acids is 1. The Morgan fingerprint density at radius 3 is 2.78 bits per heavy atom. The van der Waals surface area contributed by atoms with Crippen LogP contribution in [0.25, 0.3) is 0 Å². The molecule has 23 heavy (non-hydrogen) atoms. The van der Waals surface area contributed by atoms with Crippen molar-refractivity contribution in [3.05, 3.63) is 65.5 Å². The summed E-state index contributed by atoms with van der Waals surface area (Å²) < 4.78 is 0. The molecule has 1 aliphatic heterocycles. The molecule has 1 atom stereocenters. The normalized spacial score (nSPS) is 15.3. The van der Waals surface area contributed by atoms with Gasteiger partial charge in [-0.1, -0.05) is 30.3 Å². The molecule has 0 spiro atoms. The first-order valence-electron chi connectivity index (χ1n) is 8.10. The number of pyridine rings is 1. The number of rotatable bonds is 4. The third-order valence-corrected chi connectivity index (χ3v) is 4.70. The monoisotopic (exact) mass is 309 g/mol. The molecule has 1 amide bonds. The SMILES string of the molecule is CC(c1cccnc1)N(C)CC(=O)N1CCc2ccccc2C1. The lowest BCUT2D eigenvalue weighted by Crippen LogP contribution is -2.42. The fraction of sp³-hybridized carbons (Fsp3) is 0.368. The third-order valence-electron chi connectivity index (χ3n) is 4.70. The van der Waals surface area contributed by atoms with E-state index in [-0.39, 0.29) is 11.9 Å². The van der Waals surface area contributed by atoms with Crippen LogP contribution in [0.5, 0.6) is 0 Å². The molecular formula is C19H23N3O. The van der Waals surface area contributed by atoms with Crippen molar-refractivity contribution in [3.8, 4) is 0 Å². The van der Waals surface area contributed by atoms with E-state index < -0.39 is 0 Å². The van der Waals surface area contributed by atoms with Crippen molar-refractivity contribution in [1.29, 1.82) is 0 Å². The van der Waals surface area contributed by atoms with Gasteiger partial charge in [0.2, 0.25) is 5.91 Å². The van der Waals surface area contributed by atoms with Crippen LogP contribution in [0.1, 0.15) is 29.7 Å². The Morgan fingerprint density at radius 2 is 2.04 bits per heavy atom. The topological polar surface area (TPSA) is 36.4 Å². The number of fused-ring (bicyclic) bond motifs is 1. The van der Waals surface area contributed by atoms with Crippen molar-refractivity contribution in [2.75, 3.05) is 20.1 Å². The molecule has 0 bridgehead atoms. The fourth-order valence-corrected chi connectivity index (χ4v) is 3.04. The van der Waals surface area contributed by atoms with Crippen molar-refractivity contribution in [2.45, 2.75) is 25.9 Å². The predicted molar refractivity (Wildman–Crippen MR) is 90.8 cm³/mol. The molecule has 0 radical (unpaired) electrons. The molecule has 1 aromatic heterocycles. The quantitative estimate of drug-likeness (QED) is 0.871. The first-order valence-corrected chi connectivity index (χ1v) is 8.10. The Balaban J connectivity index is 1.61. The van der Waals surface area contributed by atoms with Crippen LogP contribution in [0.4, 0.5) is 0 Å². The molecule has 1 aliphatic rings. The van der Waals surface area contributed by atoms with E-state index in [1.54, 1.807) is 6.20 Å². The number of likely N-dealkylation sites (N-methyl/N-ethyl adjacent to an activating group) is 1. The second kappa shape index (κ2) is 6.92. The number of nitrogens with zero attached hydrogens (tertiary/aromatic N) is 3. The Kier molecular flexibility index (Phi) is 4.72. The summed E-state index contributed by atoms with van der Waals surface area (Å²) >= 11 is 0. The highest BCUT2D eigenvalue weighted by Gasteiger charge is 2.23. The van der Waals surface area contributed by atoms with E-state index in [4.69, 9.17) is 0 Å². The van der Waals surface area contributed by atoms with Gasteiger partial charge in [0.05, 0.1) is 6.54 Å². The molecule has 4 heteroatoms. The zero-order chi connectivity index (χ0) is 16.2. The average Bonchev–Trinajstić information content (AvgIpc) is 2.61. The van der Waals surface area contributed by atoms with Gasteiger partial charge in [-0.25, -0.2) is 0 Å². The molecule has 2 aromatic rings. The average molecular weight is 309 g/mol. The zero-order valence-electron chi connectivity index (χ0n) is 13.8. The largest absolute Gasteiger partial charge is 0.337 e. The van der Waals surface area contributed by atoms with E-state index in [1.807, 2.05) is 30.3 Å². The van der Waals surface area contributed by atoms with Gasteiger partial charge in [-0.15, -0.1) is 0 Å². The van der Waals surface area contributed by atoms with Crippen molar-refractivity contribution in [1.82, 2.24) is 14.8 Å². The second-order valence-corrected chi connectivity index (χ2v) is 6.21. The maximum Gasteiger partial charge on any atom is 0.237 e. The minimum Gasteiger partial charge on any atom is -0.337 e. The molecule has 2 heterocycles. The first kappa shape index (κ1) is 15.7. The second-order valence-electron chi connectivity index (χ2n) is 6.21. The van der Waals surface area contributed by atoms with Crippen molar-refractivity contribution in [3.63, 3.8) is 0 Å². The standard InChI is InChI=1S/C19H23N3O/c1-15(17-8-5-10-20-12-17)21(2)14-19(23)22-11-9-16-6-3-4-7-18(16)13-22/h3-8,10,12,15H,9,11,13-14H2,1-2H3. The van der Waals surface area contributed by atoms with Gasteiger partial charge in [-0.05, 0) is 43.1 Å². The van der Waals surface area contributed by atoms with Gasteiger partial charge >= 0.3 is 0 Å². The number of carbonyl (C=O) groups is 1. The van der Waals surface area contributed by atoms with Gasteiger partial charge in [0.25, 0.3) is 0 Å². The molecular weight excluding hydrogens is 286 g/mol. The number of benzene rings is 1. The summed E-state index contributed by atoms with van der Waals surface area (Å²) in [6.45, 7) is 4.07. The number of hydrogen-bond donors (Lipinski definition) is 0. The van der Waals surface area contributed by atoms with Crippen LogP contribution in [0.2, 0.25) is 0 Å². The lowest BCUT2D eigenvalue weighted by Gasteiger charge is -2.32. The van der Waals surface area contributed by atoms with E-state index in [0.29, 0.717) is 6.54 Å². The summed E-state index contributed by atoms with van der Waals surface area (Å²) in [6.07, 6.45) is 4.58. The van der Waals surface area contributed by atoms with E-state index in [9.17, 15) is 4.79 Å². The van der Waals surface area contributed by atoms with Gasteiger partial charge in [0.15, 0.2) is 0 Å². The van der Waals surface area contributed by atoms with Crippen molar-refractivity contribution in [2.24, 2.45) is 0 Å². The summed E-state index contributed by atoms with van der Waals surface area (Å²) in [7, 11) is 1.99. The Hall–Kier alpha value is -2.20. The minimum atomic E-state index is 0.171. The van der Waals surface area contributed by atoms with Gasteiger partial charge < -0.3 is 4.90 Å². The summed E-state index contributed by atoms with van der Waals surface area (Å²) in [5.41, 5.74) is 3.77. The van der Waals surface area contributed by atoms with E-state index in [1.165, 1.54) is 11.1 Å². The lowest BCUT2D eigenvalue weighted by atomic mass is 10.00. The van der Waals surface area contributed by atoms with Crippen LogP contribution in [0.3, 0.4) is 0 Å². The summed E-state index contributed by atoms with van der Waals surface area (Å²) in [5.74, 6) is 0.192. The third kappa shape index (κ3) is 3.59. The highest BCUT2D eigenvalue weighted by molar-refractivity contribution is 5.78. The van der Waals surface area contributed by atoms with E-state index in [2.05, 4.69) is 41.1 Å². The minimum absolute atomic E-state index is 0.171. The molecule has 0 saturated heterocycles. The van der Waals surface area contributed by atoms with Crippen LogP contribution >= 0.6 is 0 Å². The van der Waals surface area contributed by atoms with Gasteiger partial charge in [0, 0.05) is 31.5 Å². The van der Waals surface area contributed by atoms with E-state index >= 15 is 0 Å². The van der Waals surface area contributed by atoms with E-state index in [0.717, 1.165) is 25.1 Å². The highest BCUT2D eigenvalue weighted by Crippen LogP contribution is 2.20. The zero-order valence-corrected chi connectivity index (χ0v) is 13.8. The van der Waals surface area contributed by atoms with Crippen molar-refractivity contribution < 1.29 is 4.79 Å². The van der Waals surface area contributed by atoms with Crippen LogP contribution in [0, 0.1) is 0 Å². The first-order chi connectivity index (χ1) is 11.1. The van der Waals surface area contributed by atoms with Crippen molar-refractivity contribution >= 4 is 5.91 Å². The van der Waals surface area contributed by atoms with Gasteiger partial charge in [-0.3, -0.25) is 14.7 Å². The smallest absolute Gasteiger partial charge is 0.237 e. The molecule has 1 aromatic carbocycles. The van der Waals surface area contributed by atoms with Gasteiger partial charge in [-0.2, -0.15) is 0 Å².